The lowest BCUT2D eigenvalue weighted by molar-refractivity contribution is -0.112. The maximum absolute atomic E-state index is 12.4. The molecule has 0 aliphatic carbocycles. The molecule has 3 aromatic rings. The maximum Gasteiger partial charge on any atom is 0.338 e. The summed E-state index contributed by atoms with van der Waals surface area (Å²) in [6, 6.07) is 16.0. The smallest absolute Gasteiger partial charge is 0.338 e. The number of carbonyl (C=O) groups excluding carboxylic acids is 2. The Morgan fingerprint density at radius 2 is 2.04 bits per heavy atom. The number of amides is 1. The van der Waals surface area contributed by atoms with Gasteiger partial charge in [0.25, 0.3) is 5.91 Å². The maximum atomic E-state index is 12.4. The number of hydrogen-bond donors (Lipinski definition) is 1. The van der Waals surface area contributed by atoms with Crippen LogP contribution >= 0.6 is 11.3 Å². The number of hydrogen-bond acceptors (Lipinski definition) is 6. The van der Waals surface area contributed by atoms with Crippen molar-refractivity contribution in [2.45, 2.75) is 6.92 Å². The second kappa shape index (κ2) is 8.25. The molecule has 2 aromatic carbocycles. The van der Waals surface area contributed by atoms with E-state index in [4.69, 9.17) is 4.74 Å². The predicted octanol–water partition coefficient (Wildman–Crippen LogP) is 4.02. The number of nitriles is 1. The molecule has 134 valence electrons. The number of fused-ring (bicyclic) bond motifs is 1. The van der Waals surface area contributed by atoms with Crippen molar-refractivity contribution in [3.63, 3.8) is 0 Å². The lowest BCUT2D eigenvalue weighted by atomic mass is 10.1. The van der Waals surface area contributed by atoms with Crippen molar-refractivity contribution in [1.82, 2.24) is 4.98 Å². The number of aromatic nitrogens is 1. The molecule has 0 aliphatic heterocycles. The third-order valence-electron chi connectivity index (χ3n) is 3.60. The van der Waals surface area contributed by atoms with Crippen LogP contribution in [0.3, 0.4) is 0 Å². The number of nitrogens with zero attached hydrogens (tertiary/aromatic N) is 2. The Hall–Kier alpha value is -3.50. The molecule has 0 bridgehead atoms. The second-order valence-electron chi connectivity index (χ2n) is 5.46. The van der Waals surface area contributed by atoms with Crippen molar-refractivity contribution < 1.29 is 14.3 Å². The first kappa shape index (κ1) is 18.3. The minimum Gasteiger partial charge on any atom is -0.462 e. The second-order valence-corrected chi connectivity index (χ2v) is 6.49. The molecule has 0 fully saturated rings. The molecule has 0 saturated carbocycles. The lowest BCUT2D eigenvalue weighted by Crippen LogP contribution is -2.13. The highest BCUT2D eigenvalue weighted by molar-refractivity contribution is 7.22. The Bertz CT molecular complexity index is 1070. The van der Waals surface area contributed by atoms with Crippen molar-refractivity contribution in [3.8, 4) is 6.07 Å². The standard InChI is InChI=1S/C20H15N3O3S/c1-2-26-19(25)14-8-9-16-17(11-14)27-20(22-16)23-18(24)15(12-21)10-13-6-4-3-5-7-13/h3-11H,2H2,1H3,(H,22,23,24)/b15-10+. The van der Waals surface area contributed by atoms with E-state index < -0.39 is 11.9 Å². The summed E-state index contributed by atoms with van der Waals surface area (Å²) in [5, 5.41) is 12.3. The minimum atomic E-state index is -0.536. The van der Waals surface area contributed by atoms with Crippen LogP contribution in [0.5, 0.6) is 0 Å². The predicted molar refractivity (Wildman–Crippen MR) is 104 cm³/mol. The van der Waals surface area contributed by atoms with Gasteiger partial charge in [-0.3, -0.25) is 10.1 Å². The average Bonchev–Trinajstić information content (AvgIpc) is 3.08. The number of carbonyl (C=O) groups is 2. The number of esters is 1. The third kappa shape index (κ3) is 4.37. The van der Waals surface area contributed by atoms with Gasteiger partial charge in [-0.25, -0.2) is 9.78 Å². The van der Waals surface area contributed by atoms with Gasteiger partial charge in [0, 0.05) is 0 Å². The van der Waals surface area contributed by atoms with E-state index in [0.29, 0.717) is 22.8 Å². The zero-order valence-electron chi connectivity index (χ0n) is 14.4. The van der Waals surface area contributed by atoms with Crippen molar-refractivity contribution in [2.75, 3.05) is 11.9 Å². The molecule has 1 N–H and O–H groups in total. The molecule has 1 heterocycles. The van der Waals surface area contributed by atoms with E-state index in [2.05, 4.69) is 10.3 Å². The van der Waals surface area contributed by atoms with Gasteiger partial charge in [-0.05, 0) is 36.8 Å². The fourth-order valence-electron chi connectivity index (χ4n) is 2.35. The Labute approximate surface area is 159 Å². The summed E-state index contributed by atoms with van der Waals surface area (Å²) in [4.78, 5) is 28.5. The number of thiazole rings is 1. The van der Waals surface area contributed by atoms with E-state index in [9.17, 15) is 14.9 Å². The van der Waals surface area contributed by atoms with Gasteiger partial charge in [-0.15, -0.1) is 0 Å². The van der Waals surface area contributed by atoms with E-state index in [-0.39, 0.29) is 5.57 Å². The molecule has 27 heavy (non-hydrogen) atoms. The fourth-order valence-corrected chi connectivity index (χ4v) is 3.25. The van der Waals surface area contributed by atoms with Crippen LogP contribution in [0.15, 0.2) is 54.1 Å². The largest absolute Gasteiger partial charge is 0.462 e. The molecule has 7 heteroatoms. The summed E-state index contributed by atoms with van der Waals surface area (Å²) in [5.41, 5.74) is 1.81. The van der Waals surface area contributed by atoms with Crippen LogP contribution in [0.25, 0.3) is 16.3 Å². The average molecular weight is 377 g/mol. The Morgan fingerprint density at radius 1 is 1.26 bits per heavy atom. The summed E-state index contributed by atoms with van der Waals surface area (Å²) in [6.07, 6.45) is 1.52. The molecular weight excluding hydrogens is 362 g/mol. The van der Waals surface area contributed by atoms with Gasteiger partial charge in [0.2, 0.25) is 0 Å². The summed E-state index contributed by atoms with van der Waals surface area (Å²) in [6.45, 7) is 2.04. The Kier molecular flexibility index (Phi) is 5.59. The minimum absolute atomic E-state index is 0.0207. The molecule has 0 aliphatic rings. The summed E-state index contributed by atoms with van der Waals surface area (Å²) in [7, 11) is 0. The lowest BCUT2D eigenvalue weighted by Gasteiger charge is -2.00. The molecule has 1 amide bonds. The number of rotatable bonds is 5. The molecule has 0 atom stereocenters. The molecule has 0 spiro atoms. The summed E-state index contributed by atoms with van der Waals surface area (Å²) >= 11 is 1.22. The highest BCUT2D eigenvalue weighted by atomic mass is 32.1. The highest BCUT2D eigenvalue weighted by Gasteiger charge is 2.14. The van der Waals surface area contributed by atoms with Gasteiger partial charge in [-0.2, -0.15) is 5.26 Å². The van der Waals surface area contributed by atoms with E-state index >= 15 is 0 Å². The van der Waals surface area contributed by atoms with Gasteiger partial charge in [0.05, 0.1) is 22.4 Å². The van der Waals surface area contributed by atoms with Crippen LogP contribution in [0.4, 0.5) is 5.13 Å². The van der Waals surface area contributed by atoms with Crippen molar-refractivity contribution >= 4 is 44.6 Å². The summed E-state index contributed by atoms with van der Waals surface area (Å²) < 4.78 is 5.72. The monoisotopic (exact) mass is 377 g/mol. The molecule has 3 rings (SSSR count). The first-order chi connectivity index (χ1) is 13.1. The van der Waals surface area contributed by atoms with Gasteiger partial charge >= 0.3 is 5.97 Å². The van der Waals surface area contributed by atoms with Crippen LogP contribution in [0.2, 0.25) is 0 Å². The third-order valence-corrected chi connectivity index (χ3v) is 4.53. The van der Waals surface area contributed by atoms with Gasteiger partial charge < -0.3 is 4.74 Å². The van der Waals surface area contributed by atoms with E-state index in [1.165, 1.54) is 17.4 Å². The molecule has 1 aromatic heterocycles. The Balaban J connectivity index is 1.81. The Morgan fingerprint density at radius 3 is 2.74 bits per heavy atom. The molecule has 0 saturated heterocycles. The van der Waals surface area contributed by atoms with Gasteiger partial charge in [0.15, 0.2) is 5.13 Å². The zero-order valence-corrected chi connectivity index (χ0v) is 15.2. The normalized spacial score (nSPS) is 11.0. The van der Waals surface area contributed by atoms with Crippen LogP contribution in [0, 0.1) is 11.3 Å². The SMILES string of the molecule is CCOC(=O)c1ccc2nc(NC(=O)/C(C#N)=C/c3ccccc3)sc2c1. The molecular formula is C20H15N3O3S. The van der Waals surface area contributed by atoms with E-state index in [0.717, 1.165) is 10.3 Å². The first-order valence-electron chi connectivity index (χ1n) is 8.16. The van der Waals surface area contributed by atoms with Crippen molar-refractivity contribution in [1.29, 1.82) is 5.26 Å². The van der Waals surface area contributed by atoms with Crippen LogP contribution in [-0.4, -0.2) is 23.5 Å². The van der Waals surface area contributed by atoms with Crippen LogP contribution in [-0.2, 0) is 9.53 Å². The number of nitrogens with one attached hydrogen (secondary N) is 1. The molecule has 0 radical (unpaired) electrons. The topological polar surface area (TPSA) is 92.1 Å². The van der Waals surface area contributed by atoms with Crippen molar-refractivity contribution in [2.24, 2.45) is 0 Å². The van der Waals surface area contributed by atoms with Gasteiger partial charge in [0.1, 0.15) is 11.6 Å². The summed E-state index contributed by atoms with van der Waals surface area (Å²) in [5.74, 6) is -0.943. The number of benzene rings is 2. The molecule has 6 nitrogen and oxygen atoms in total. The van der Waals surface area contributed by atoms with Crippen molar-refractivity contribution in [3.05, 3.63) is 65.2 Å². The zero-order chi connectivity index (χ0) is 19.2. The van der Waals surface area contributed by atoms with Gasteiger partial charge in [-0.1, -0.05) is 41.7 Å². The number of anilines is 1. The molecule has 0 unspecified atom stereocenters. The number of ether oxygens (including phenoxy) is 1. The van der Waals surface area contributed by atoms with E-state index in [1.54, 1.807) is 37.3 Å². The van der Waals surface area contributed by atoms with Crippen LogP contribution in [0.1, 0.15) is 22.8 Å². The first-order valence-corrected chi connectivity index (χ1v) is 8.98. The quantitative estimate of drug-likeness (QED) is 0.412. The van der Waals surface area contributed by atoms with E-state index in [1.807, 2.05) is 24.3 Å². The van der Waals surface area contributed by atoms with Crippen LogP contribution < -0.4 is 5.32 Å². The fraction of sp³-hybridized carbons (Fsp3) is 0.100. The highest BCUT2D eigenvalue weighted by Crippen LogP contribution is 2.27.